The molecule has 0 saturated carbocycles. The first-order valence-corrected chi connectivity index (χ1v) is 8.65. The van der Waals surface area contributed by atoms with E-state index in [1.165, 1.54) is 11.1 Å². The van der Waals surface area contributed by atoms with Crippen LogP contribution in [0.1, 0.15) is 24.0 Å². The van der Waals surface area contributed by atoms with Gasteiger partial charge >= 0.3 is 0 Å². The van der Waals surface area contributed by atoms with Gasteiger partial charge in [-0.2, -0.15) is 0 Å². The summed E-state index contributed by atoms with van der Waals surface area (Å²) in [5.41, 5.74) is 2.50. The molecule has 1 heterocycles. The molecule has 3 nitrogen and oxygen atoms in total. The van der Waals surface area contributed by atoms with Gasteiger partial charge in [-0.15, -0.1) is 12.4 Å². The first-order valence-electron chi connectivity index (χ1n) is 8.65. The maximum Gasteiger partial charge on any atom is 0.222 e. The fourth-order valence-corrected chi connectivity index (χ4v) is 3.65. The minimum absolute atomic E-state index is 0. The lowest BCUT2D eigenvalue weighted by atomic mass is 9.69. The molecule has 0 aliphatic carbocycles. The largest absolute Gasteiger partial charge is 0.340 e. The predicted molar refractivity (Wildman–Crippen MR) is 105 cm³/mol. The van der Waals surface area contributed by atoms with Gasteiger partial charge in [-0.05, 0) is 31.6 Å². The number of amides is 1. The molecule has 4 heteroatoms. The molecule has 0 radical (unpaired) electrons. The van der Waals surface area contributed by atoms with Crippen LogP contribution in [0.4, 0.5) is 0 Å². The molecule has 25 heavy (non-hydrogen) atoms. The van der Waals surface area contributed by atoms with E-state index in [0.717, 1.165) is 26.1 Å². The van der Waals surface area contributed by atoms with E-state index in [1.807, 2.05) is 4.90 Å². The number of halogens is 1. The molecule has 1 fully saturated rings. The van der Waals surface area contributed by atoms with Crippen molar-refractivity contribution in [3.63, 3.8) is 0 Å². The van der Waals surface area contributed by atoms with Gasteiger partial charge < -0.3 is 9.80 Å². The lowest BCUT2D eigenvalue weighted by Crippen LogP contribution is -2.51. The highest BCUT2D eigenvalue weighted by Crippen LogP contribution is 2.40. The van der Waals surface area contributed by atoms with Crippen LogP contribution in [0.3, 0.4) is 0 Å². The predicted octanol–water partition coefficient (Wildman–Crippen LogP) is 3.58. The van der Waals surface area contributed by atoms with Gasteiger partial charge in [-0.1, -0.05) is 60.7 Å². The number of nitrogens with zero attached hydrogens (tertiary/aromatic N) is 2. The second-order valence-corrected chi connectivity index (χ2v) is 6.93. The number of rotatable bonds is 5. The first-order chi connectivity index (χ1) is 11.6. The lowest BCUT2D eigenvalue weighted by Gasteiger charge is -2.44. The van der Waals surface area contributed by atoms with E-state index < -0.39 is 0 Å². The number of carbonyl (C=O) groups excluding carboxylic acids is 1. The molecule has 0 atom stereocenters. The van der Waals surface area contributed by atoms with Crippen molar-refractivity contribution >= 4 is 18.3 Å². The lowest BCUT2D eigenvalue weighted by molar-refractivity contribution is -0.135. The van der Waals surface area contributed by atoms with Gasteiger partial charge in [0.25, 0.3) is 0 Å². The van der Waals surface area contributed by atoms with Crippen LogP contribution in [0.5, 0.6) is 0 Å². The molecule has 0 bridgehead atoms. The zero-order chi connectivity index (χ0) is 17.0. The van der Waals surface area contributed by atoms with E-state index >= 15 is 0 Å². The molecule has 1 saturated heterocycles. The molecule has 1 amide bonds. The number of carbonyl (C=O) groups is 1. The summed E-state index contributed by atoms with van der Waals surface area (Å²) >= 11 is 0. The van der Waals surface area contributed by atoms with Gasteiger partial charge in [-0.25, -0.2) is 0 Å². The minimum atomic E-state index is -0.108. The zero-order valence-corrected chi connectivity index (χ0v) is 15.8. The molecular weight excluding hydrogens is 332 g/mol. The third-order valence-corrected chi connectivity index (χ3v) is 5.05. The summed E-state index contributed by atoms with van der Waals surface area (Å²) in [6.07, 6.45) is 1.48. The van der Waals surface area contributed by atoms with E-state index in [0.29, 0.717) is 6.42 Å². The Morgan fingerprint density at radius 1 is 0.960 bits per heavy atom. The highest BCUT2D eigenvalue weighted by Gasteiger charge is 2.41. The fourth-order valence-electron chi connectivity index (χ4n) is 3.65. The van der Waals surface area contributed by atoms with Crippen LogP contribution < -0.4 is 0 Å². The monoisotopic (exact) mass is 358 g/mol. The topological polar surface area (TPSA) is 23.6 Å². The van der Waals surface area contributed by atoms with Gasteiger partial charge in [0, 0.05) is 31.5 Å². The fraction of sp³-hybridized carbons (Fsp3) is 0.381. The normalized spacial score (nSPS) is 16.6. The molecule has 3 rings (SSSR count). The first kappa shape index (κ1) is 19.5. The van der Waals surface area contributed by atoms with Crippen LogP contribution in [-0.2, 0) is 10.2 Å². The summed E-state index contributed by atoms with van der Waals surface area (Å²) in [5.74, 6) is 0.277. The Labute approximate surface area is 157 Å². The average Bonchev–Trinajstić information content (AvgIpc) is 2.62. The summed E-state index contributed by atoms with van der Waals surface area (Å²) in [7, 11) is 4.10. The van der Waals surface area contributed by atoms with Crippen LogP contribution in [0, 0.1) is 0 Å². The molecule has 0 unspecified atom stereocenters. The molecular formula is C21H27ClN2O. The van der Waals surface area contributed by atoms with Crippen molar-refractivity contribution in [3.8, 4) is 0 Å². The van der Waals surface area contributed by atoms with Crippen LogP contribution in [0.25, 0.3) is 0 Å². The number of hydrogen-bond acceptors (Lipinski definition) is 2. The molecule has 0 N–H and O–H groups in total. The Balaban J connectivity index is 0.00000225. The van der Waals surface area contributed by atoms with E-state index in [1.54, 1.807) is 0 Å². The Morgan fingerprint density at radius 3 is 1.96 bits per heavy atom. The molecule has 1 aliphatic rings. The van der Waals surface area contributed by atoms with Crippen molar-refractivity contribution in [3.05, 3.63) is 71.8 Å². The van der Waals surface area contributed by atoms with Crippen LogP contribution in [0.2, 0.25) is 0 Å². The molecule has 2 aromatic carbocycles. The van der Waals surface area contributed by atoms with Gasteiger partial charge in [-0.3, -0.25) is 4.79 Å². The molecule has 134 valence electrons. The van der Waals surface area contributed by atoms with Gasteiger partial charge in [0.05, 0.1) is 0 Å². The van der Waals surface area contributed by atoms with Gasteiger partial charge in [0.15, 0.2) is 0 Å². The van der Waals surface area contributed by atoms with Gasteiger partial charge in [0.1, 0.15) is 0 Å². The van der Waals surface area contributed by atoms with E-state index in [-0.39, 0.29) is 23.7 Å². The molecule has 2 aromatic rings. The third-order valence-electron chi connectivity index (χ3n) is 5.05. The van der Waals surface area contributed by atoms with Crippen molar-refractivity contribution in [2.75, 3.05) is 33.7 Å². The highest BCUT2D eigenvalue weighted by molar-refractivity contribution is 5.85. The summed E-state index contributed by atoms with van der Waals surface area (Å²) in [6.45, 7) is 2.44. The van der Waals surface area contributed by atoms with Crippen LogP contribution in [0.15, 0.2) is 60.7 Å². The van der Waals surface area contributed by atoms with E-state index in [9.17, 15) is 4.79 Å². The smallest absolute Gasteiger partial charge is 0.222 e. The third kappa shape index (κ3) is 4.23. The van der Waals surface area contributed by atoms with E-state index in [4.69, 9.17) is 0 Å². The maximum atomic E-state index is 12.5. The second kappa shape index (κ2) is 8.50. The van der Waals surface area contributed by atoms with Crippen LogP contribution in [-0.4, -0.2) is 49.4 Å². The average molecular weight is 359 g/mol. The summed E-state index contributed by atoms with van der Waals surface area (Å²) in [5, 5.41) is 0. The molecule has 0 spiro atoms. The van der Waals surface area contributed by atoms with Crippen molar-refractivity contribution in [2.45, 2.75) is 18.3 Å². The molecule has 1 aliphatic heterocycles. The van der Waals surface area contributed by atoms with Crippen molar-refractivity contribution in [1.82, 2.24) is 9.80 Å². The number of hydrogen-bond donors (Lipinski definition) is 0. The number of piperidine rings is 1. The second-order valence-electron chi connectivity index (χ2n) is 6.93. The number of likely N-dealkylation sites (N-methyl/N-ethyl adjacent to an activating group) is 1. The number of benzene rings is 2. The number of likely N-dealkylation sites (tertiary alicyclic amines) is 1. The minimum Gasteiger partial charge on any atom is -0.340 e. The van der Waals surface area contributed by atoms with Crippen molar-refractivity contribution in [2.24, 2.45) is 0 Å². The zero-order valence-electron chi connectivity index (χ0n) is 15.0. The van der Waals surface area contributed by atoms with Crippen molar-refractivity contribution in [1.29, 1.82) is 0 Å². The summed E-state index contributed by atoms with van der Waals surface area (Å²) < 4.78 is 0. The summed E-state index contributed by atoms with van der Waals surface area (Å²) in [6, 6.07) is 21.3. The quantitative estimate of drug-likeness (QED) is 0.815. The standard InChI is InChI=1S/C21H26N2O.ClH/c1-22(2)15-16-23-17-21(14-13-20(23)24,18-9-5-3-6-10-18)19-11-7-4-8-12-19;/h3-12H,13-17H2,1-2H3;1H. The Hall–Kier alpha value is -1.84. The SMILES string of the molecule is CN(C)CCN1CC(c2ccccc2)(c2ccccc2)CCC1=O.Cl. The van der Waals surface area contributed by atoms with E-state index in [2.05, 4.69) is 79.7 Å². The van der Waals surface area contributed by atoms with Crippen LogP contribution >= 0.6 is 12.4 Å². The Morgan fingerprint density at radius 2 is 1.48 bits per heavy atom. The Kier molecular flexibility index (Phi) is 6.63. The van der Waals surface area contributed by atoms with Crippen molar-refractivity contribution < 1.29 is 4.79 Å². The summed E-state index contributed by atoms with van der Waals surface area (Å²) in [4.78, 5) is 16.6. The highest BCUT2D eigenvalue weighted by atomic mass is 35.5. The molecule has 0 aromatic heterocycles. The Bertz CT molecular complexity index is 633. The van der Waals surface area contributed by atoms with Gasteiger partial charge in [0.2, 0.25) is 5.91 Å². The maximum absolute atomic E-state index is 12.5.